The number of rotatable bonds is 5. The molecule has 0 radical (unpaired) electrons. The molecule has 10 rings (SSSR count). The topological polar surface area (TPSA) is 21.1 Å². The molecule has 0 amide bonds. The van der Waals surface area contributed by atoms with Gasteiger partial charge < -0.3 is 9.47 Å². The first-order valence-corrected chi connectivity index (χ1v) is 17.6. The Morgan fingerprint density at radius 2 is 1.30 bits per heavy atom. The van der Waals surface area contributed by atoms with Gasteiger partial charge in [0.2, 0.25) is 0 Å². The summed E-state index contributed by atoms with van der Waals surface area (Å²) in [4.78, 5) is 7.44. The molecule has 3 aliphatic rings. The minimum Gasteiger partial charge on any atom is -0.319 e. The number of nitrogens with zero attached hydrogens (tertiary/aromatic N) is 3. The van der Waals surface area contributed by atoms with Crippen LogP contribution >= 0.6 is 0 Å². The molecule has 238 valence electrons. The highest BCUT2D eigenvalue weighted by atomic mass is 15.2. The summed E-state index contributed by atoms with van der Waals surface area (Å²) in [6, 6.07) is 50.6. The van der Waals surface area contributed by atoms with Crippen molar-refractivity contribution in [3.63, 3.8) is 0 Å². The Hall–Kier alpha value is -6.19. The summed E-state index contributed by atoms with van der Waals surface area (Å²) in [5.74, 6) is 1.58. The molecule has 2 aromatic heterocycles. The van der Waals surface area contributed by atoms with Crippen molar-refractivity contribution in [1.29, 1.82) is 0 Å². The van der Waals surface area contributed by atoms with Crippen LogP contribution in [0.15, 0.2) is 193 Å². The van der Waals surface area contributed by atoms with Gasteiger partial charge >= 0.3 is 0 Å². The van der Waals surface area contributed by atoms with Gasteiger partial charge in [-0.1, -0.05) is 127 Å². The van der Waals surface area contributed by atoms with Crippen LogP contribution in [0.25, 0.3) is 49.7 Å². The van der Waals surface area contributed by atoms with Crippen molar-refractivity contribution < 1.29 is 0 Å². The van der Waals surface area contributed by atoms with E-state index in [-0.39, 0.29) is 12.0 Å². The Bertz CT molecular complexity index is 2530. The molecule has 7 aromatic rings. The van der Waals surface area contributed by atoms with Gasteiger partial charge in [-0.05, 0) is 88.3 Å². The van der Waals surface area contributed by atoms with Gasteiger partial charge in [0.05, 0.1) is 17.1 Å². The predicted octanol–water partition coefficient (Wildman–Crippen LogP) is 11.4. The number of pyridine rings is 1. The maximum atomic E-state index is 4.97. The van der Waals surface area contributed by atoms with E-state index in [2.05, 4.69) is 185 Å². The molecule has 1 fully saturated rings. The molecule has 5 aromatic carbocycles. The number of anilines is 1. The highest BCUT2D eigenvalue weighted by molar-refractivity contribution is 6.09. The van der Waals surface area contributed by atoms with Gasteiger partial charge in [-0.15, -0.1) is 0 Å². The average Bonchev–Trinajstić information content (AvgIpc) is 3.71. The second kappa shape index (κ2) is 11.7. The fraction of sp³-hybridized carbons (Fsp3) is 0.0851. The van der Waals surface area contributed by atoms with E-state index in [9.17, 15) is 0 Å². The fourth-order valence-corrected chi connectivity index (χ4v) is 8.36. The average molecular weight is 642 g/mol. The van der Waals surface area contributed by atoms with Crippen LogP contribution in [0, 0.1) is 5.92 Å². The first kappa shape index (κ1) is 28.8. The standard InChI is InChI=1S/C47H35N3/c1-3-12-32(13-4-1)33-14-11-15-34(28-33)37-26-27-48-47(31-37)50-44-21-10-8-19-40(44)42-30-36(23-25-46(42)50)35-22-24-45-41(29-35)39-18-7-9-20-43(39)49(45)38-16-5-2-6-17-38/h1-22,24-31,36,40,44H,23H2. The number of allylic oxidation sites excluding steroid dienone is 5. The van der Waals surface area contributed by atoms with Crippen molar-refractivity contribution in [1.82, 2.24) is 9.55 Å². The smallest absolute Gasteiger partial charge is 0.134 e. The lowest BCUT2D eigenvalue weighted by atomic mass is 9.83. The van der Waals surface area contributed by atoms with Crippen LogP contribution in [0.3, 0.4) is 0 Å². The molecule has 3 atom stereocenters. The molecule has 50 heavy (non-hydrogen) atoms. The highest BCUT2D eigenvalue weighted by Gasteiger charge is 2.42. The lowest BCUT2D eigenvalue weighted by Gasteiger charge is -2.28. The molecular formula is C47H35N3. The molecule has 0 spiro atoms. The Balaban J connectivity index is 1.02. The van der Waals surface area contributed by atoms with Gasteiger partial charge in [-0.3, -0.25) is 0 Å². The number of para-hydroxylation sites is 2. The van der Waals surface area contributed by atoms with E-state index >= 15 is 0 Å². The van der Waals surface area contributed by atoms with Crippen molar-refractivity contribution in [2.75, 3.05) is 4.90 Å². The molecule has 3 heteroatoms. The number of hydrogen-bond acceptors (Lipinski definition) is 2. The van der Waals surface area contributed by atoms with Crippen LogP contribution in [0.2, 0.25) is 0 Å². The molecule has 0 N–H and O–H groups in total. The normalized spacial score (nSPS) is 19.4. The third-order valence-electron chi connectivity index (χ3n) is 10.7. The monoisotopic (exact) mass is 641 g/mol. The van der Waals surface area contributed by atoms with E-state index in [0.29, 0.717) is 5.92 Å². The zero-order valence-corrected chi connectivity index (χ0v) is 27.6. The van der Waals surface area contributed by atoms with Crippen molar-refractivity contribution in [3.05, 3.63) is 199 Å². The molecule has 3 unspecified atom stereocenters. The van der Waals surface area contributed by atoms with Crippen LogP contribution < -0.4 is 4.90 Å². The molecule has 1 saturated heterocycles. The summed E-state index contributed by atoms with van der Waals surface area (Å²) in [5, 5.41) is 2.60. The first-order valence-electron chi connectivity index (χ1n) is 17.6. The maximum Gasteiger partial charge on any atom is 0.134 e. The SMILES string of the molecule is C1=CC2C3=CC(c4ccc5c(c4)c4ccccc4n5-c4ccccc4)CC=C3N(c3cc(-c4cccc(-c5ccccc5)c4)ccn3)C2C=C1. The van der Waals surface area contributed by atoms with Crippen molar-refractivity contribution in [2.45, 2.75) is 18.4 Å². The van der Waals surface area contributed by atoms with E-state index in [4.69, 9.17) is 4.98 Å². The van der Waals surface area contributed by atoms with Gasteiger partial charge in [-0.25, -0.2) is 4.98 Å². The summed E-state index contributed by atoms with van der Waals surface area (Å²) in [6.07, 6.45) is 17.0. The third-order valence-corrected chi connectivity index (χ3v) is 10.7. The molecular weight excluding hydrogens is 607 g/mol. The number of aromatic nitrogens is 2. The molecule has 3 nitrogen and oxygen atoms in total. The summed E-state index contributed by atoms with van der Waals surface area (Å²) in [6.45, 7) is 0. The van der Waals surface area contributed by atoms with Crippen LogP contribution in [-0.2, 0) is 0 Å². The summed E-state index contributed by atoms with van der Waals surface area (Å²) in [5.41, 5.74) is 12.5. The fourth-order valence-electron chi connectivity index (χ4n) is 8.36. The van der Waals surface area contributed by atoms with E-state index in [1.54, 1.807) is 0 Å². The maximum absolute atomic E-state index is 4.97. The van der Waals surface area contributed by atoms with E-state index < -0.39 is 0 Å². The number of hydrogen-bond donors (Lipinski definition) is 0. The Labute approximate surface area is 292 Å². The van der Waals surface area contributed by atoms with Gasteiger partial charge in [0.15, 0.2) is 0 Å². The van der Waals surface area contributed by atoms with Crippen LogP contribution in [0.1, 0.15) is 17.9 Å². The van der Waals surface area contributed by atoms with Gasteiger partial charge in [0, 0.05) is 40.2 Å². The summed E-state index contributed by atoms with van der Waals surface area (Å²) >= 11 is 0. The van der Waals surface area contributed by atoms with E-state index in [0.717, 1.165) is 12.2 Å². The Morgan fingerprint density at radius 1 is 0.580 bits per heavy atom. The van der Waals surface area contributed by atoms with Crippen LogP contribution in [0.4, 0.5) is 5.82 Å². The number of benzene rings is 5. The van der Waals surface area contributed by atoms with Gasteiger partial charge in [0.1, 0.15) is 5.82 Å². The van der Waals surface area contributed by atoms with Crippen molar-refractivity contribution in [3.8, 4) is 27.9 Å². The van der Waals surface area contributed by atoms with Crippen LogP contribution in [-0.4, -0.2) is 15.6 Å². The zero-order valence-electron chi connectivity index (χ0n) is 27.6. The van der Waals surface area contributed by atoms with Crippen LogP contribution in [0.5, 0.6) is 0 Å². The molecule has 2 aliphatic carbocycles. The molecule has 0 bridgehead atoms. The summed E-state index contributed by atoms with van der Waals surface area (Å²) in [7, 11) is 0. The molecule has 0 saturated carbocycles. The summed E-state index contributed by atoms with van der Waals surface area (Å²) < 4.78 is 2.39. The largest absolute Gasteiger partial charge is 0.319 e. The van der Waals surface area contributed by atoms with Gasteiger partial charge in [0.25, 0.3) is 0 Å². The highest BCUT2D eigenvalue weighted by Crippen LogP contribution is 2.48. The van der Waals surface area contributed by atoms with E-state index in [1.807, 2.05) is 6.20 Å². The lowest BCUT2D eigenvalue weighted by molar-refractivity contribution is 0.694. The van der Waals surface area contributed by atoms with Crippen molar-refractivity contribution in [2.24, 2.45) is 5.92 Å². The predicted molar refractivity (Wildman–Crippen MR) is 207 cm³/mol. The van der Waals surface area contributed by atoms with Gasteiger partial charge in [-0.2, -0.15) is 0 Å². The number of fused-ring (bicyclic) bond motifs is 6. The third kappa shape index (κ3) is 4.69. The molecule has 3 heterocycles. The van der Waals surface area contributed by atoms with E-state index in [1.165, 1.54) is 66.6 Å². The first-order chi connectivity index (χ1) is 24.8. The second-order valence-electron chi connectivity index (χ2n) is 13.5. The zero-order chi connectivity index (χ0) is 33.0. The quantitative estimate of drug-likeness (QED) is 0.186. The lowest BCUT2D eigenvalue weighted by Crippen LogP contribution is -2.31. The Morgan fingerprint density at radius 3 is 2.18 bits per heavy atom. The Kier molecular flexibility index (Phi) is 6.76. The minimum atomic E-state index is 0.195. The molecule has 1 aliphatic heterocycles. The minimum absolute atomic E-state index is 0.195. The van der Waals surface area contributed by atoms with Crippen molar-refractivity contribution >= 4 is 27.6 Å². The second-order valence-corrected chi connectivity index (χ2v) is 13.5.